The molecule has 0 radical (unpaired) electrons. The summed E-state index contributed by atoms with van der Waals surface area (Å²) in [6.45, 7) is 0.579. The van der Waals surface area contributed by atoms with E-state index in [-0.39, 0.29) is 28.7 Å². The van der Waals surface area contributed by atoms with E-state index in [2.05, 4.69) is 27.1 Å². The fourth-order valence-electron chi connectivity index (χ4n) is 3.76. The van der Waals surface area contributed by atoms with E-state index >= 15 is 0 Å². The lowest BCUT2D eigenvalue weighted by atomic mass is 10.0. The maximum atomic E-state index is 13.2. The van der Waals surface area contributed by atoms with Crippen molar-refractivity contribution in [3.8, 4) is 5.88 Å². The third-order valence-corrected chi connectivity index (χ3v) is 5.57. The maximum absolute atomic E-state index is 13.2. The molecular weight excluding hydrogens is 426 g/mol. The van der Waals surface area contributed by atoms with Gasteiger partial charge in [0.25, 0.3) is 5.91 Å². The van der Waals surface area contributed by atoms with Crippen molar-refractivity contribution in [2.75, 3.05) is 6.54 Å². The molecular formula is C21H18ClN3O4S. The lowest BCUT2D eigenvalue weighted by Crippen LogP contribution is -2.37. The van der Waals surface area contributed by atoms with Crippen LogP contribution in [0.2, 0.25) is 5.02 Å². The number of nitrogens with zero attached hydrogens (tertiary/aromatic N) is 3. The van der Waals surface area contributed by atoms with Crippen LogP contribution in [0.3, 0.4) is 0 Å². The Morgan fingerprint density at radius 3 is 2.80 bits per heavy atom. The van der Waals surface area contributed by atoms with E-state index in [4.69, 9.17) is 11.6 Å². The molecule has 1 fully saturated rings. The molecule has 1 aromatic heterocycles. The number of aromatic nitrogens is 2. The highest BCUT2D eigenvalue weighted by Gasteiger charge is 2.32. The normalized spacial score (nSPS) is 16.1. The molecule has 0 aliphatic carbocycles. The molecule has 0 bridgehead atoms. The fourth-order valence-corrected chi connectivity index (χ4v) is 4.07. The monoisotopic (exact) mass is 443 g/mol. The molecule has 2 aromatic carbocycles. The van der Waals surface area contributed by atoms with Gasteiger partial charge in [0.15, 0.2) is 5.69 Å². The SMILES string of the molecule is O=C(OS)c1ccc2nc(C(=O)N3CCCC3Cc3cccc(Cl)c3)c(O)nc2c1. The molecule has 1 unspecified atom stereocenters. The lowest BCUT2D eigenvalue weighted by molar-refractivity contribution is 0.0724. The van der Waals surface area contributed by atoms with Crippen LogP contribution in [0.15, 0.2) is 42.5 Å². The van der Waals surface area contributed by atoms with Gasteiger partial charge < -0.3 is 14.2 Å². The fraction of sp³-hybridized carbons (Fsp3) is 0.238. The number of aromatic hydroxyl groups is 1. The van der Waals surface area contributed by atoms with Crippen molar-refractivity contribution in [2.24, 2.45) is 0 Å². The van der Waals surface area contributed by atoms with E-state index in [1.165, 1.54) is 12.1 Å². The number of carbonyl (C=O) groups is 2. The summed E-state index contributed by atoms with van der Waals surface area (Å²) in [5.74, 6) is -1.50. The minimum Gasteiger partial charge on any atom is -0.492 e. The summed E-state index contributed by atoms with van der Waals surface area (Å²) in [7, 11) is 0. The van der Waals surface area contributed by atoms with Gasteiger partial charge in [-0.15, -0.1) is 0 Å². The van der Waals surface area contributed by atoms with Crippen LogP contribution >= 0.6 is 24.5 Å². The van der Waals surface area contributed by atoms with E-state index in [0.717, 1.165) is 18.4 Å². The number of rotatable bonds is 4. The number of hydrogen-bond donors (Lipinski definition) is 2. The zero-order chi connectivity index (χ0) is 21.3. The summed E-state index contributed by atoms with van der Waals surface area (Å²) in [4.78, 5) is 34.9. The number of halogens is 1. The van der Waals surface area contributed by atoms with Gasteiger partial charge in [-0.3, -0.25) is 4.79 Å². The summed E-state index contributed by atoms with van der Waals surface area (Å²) in [6.07, 6.45) is 2.40. The summed E-state index contributed by atoms with van der Waals surface area (Å²) >= 11 is 9.57. The Balaban J connectivity index is 1.61. The standard InChI is InChI=1S/C21H18ClN3O4S/c22-14-4-1-3-12(9-14)10-15-5-2-8-25(15)20(27)18-19(26)24-17-11-13(21(28)29-30)6-7-16(17)23-18/h1,3-4,6-7,9,11,15,30H,2,5,8,10H2,(H,24,26). The second-order valence-corrected chi connectivity index (χ2v) is 7.73. The Hall–Kier alpha value is -2.84. The van der Waals surface area contributed by atoms with Crippen molar-refractivity contribution < 1.29 is 18.9 Å². The van der Waals surface area contributed by atoms with Crippen LogP contribution in [0.4, 0.5) is 0 Å². The van der Waals surface area contributed by atoms with Crippen molar-refractivity contribution in [1.82, 2.24) is 14.9 Å². The third-order valence-electron chi connectivity index (χ3n) is 5.17. The topological polar surface area (TPSA) is 92.6 Å². The van der Waals surface area contributed by atoms with Gasteiger partial charge in [0.05, 0.1) is 16.6 Å². The first-order valence-corrected chi connectivity index (χ1v) is 10.1. The van der Waals surface area contributed by atoms with Crippen LogP contribution in [0.25, 0.3) is 11.0 Å². The number of carbonyl (C=O) groups excluding carboxylic acids is 2. The van der Waals surface area contributed by atoms with E-state index in [1.54, 1.807) is 11.0 Å². The van der Waals surface area contributed by atoms with Gasteiger partial charge in [0, 0.05) is 30.5 Å². The minimum atomic E-state index is -0.650. The molecule has 1 N–H and O–H groups in total. The second-order valence-electron chi connectivity index (χ2n) is 7.11. The van der Waals surface area contributed by atoms with Crippen molar-refractivity contribution in [3.63, 3.8) is 0 Å². The molecule has 1 saturated heterocycles. The summed E-state index contributed by atoms with van der Waals surface area (Å²) in [5.41, 5.74) is 1.82. The highest BCUT2D eigenvalue weighted by molar-refractivity contribution is 7.75. The van der Waals surface area contributed by atoms with Crippen molar-refractivity contribution >= 4 is 47.4 Å². The first-order valence-electron chi connectivity index (χ1n) is 9.38. The molecule has 1 aliphatic heterocycles. The molecule has 2 heterocycles. The van der Waals surface area contributed by atoms with Crippen LogP contribution in [0, 0.1) is 0 Å². The molecule has 9 heteroatoms. The summed E-state index contributed by atoms with van der Waals surface area (Å²) in [6, 6.07) is 12.0. The quantitative estimate of drug-likeness (QED) is 0.470. The zero-order valence-electron chi connectivity index (χ0n) is 15.8. The number of thiol groups is 1. The van der Waals surface area contributed by atoms with Crippen LogP contribution in [-0.4, -0.2) is 44.4 Å². The molecule has 7 nitrogen and oxygen atoms in total. The zero-order valence-corrected chi connectivity index (χ0v) is 17.4. The van der Waals surface area contributed by atoms with E-state index < -0.39 is 11.8 Å². The van der Waals surface area contributed by atoms with Gasteiger partial charge >= 0.3 is 5.97 Å². The molecule has 1 amide bonds. The van der Waals surface area contributed by atoms with Gasteiger partial charge in [0.2, 0.25) is 5.88 Å². The highest BCUT2D eigenvalue weighted by atomic mass is 35.5. The number of fused-ring (bicyclic) bond motifs is 1. The molecule has 4 rings (SSSR count). The predicted octanol–water partition coefficient (Wildman–Crippen LogP) is 3.84. The molecule has 1 atom stereocenters. The molecule has 0 spiro atoms. The molecule has 1 aliphatic rings. The number of amides is 1. The highest BCUT2D eigenvalue weighted by Crippen LogP contribution is 2.27. The van der Waals surface area contributed by atoms with E-state index in [1.807, 2.05) is 24.3 Å². The lowest BCUT2D eigenvalue weighted by Gasteiger charge is -2.24. The van der Waals surface area contributed by atoms with Crippen LogP contribution in [0.1, 0.15) is 39.3 Å². The van der Waals surface area contributed by atoms with Crippen LogP contribution in [0.5, 0.6) is 5.88 Å². The predicted molar refractivity (Wildman–Crippen MR) is 115 cm³/mol. The van der Waals surface area contributed by atoms with Gasteiger partial charge in [-0.2, -0.15) is 0 Å². The number of benzene rings is 2. The molecule has 154 valence electrons. The van der Waals surface area contributed by atoms with E-state index in [0.29, 0.717) is 23.5 Å². The van der Waals surface area contributed by atoms with Crippen molar-refractivity contribution in [2.45, 2.75) is 25.3 Å². The molecule has 30 heavy (non-hydrogen) atoms. The number of likely N-dealkylation sites (tertiary alicyclic amines) is 1. The molecule has 0 saturated carbocycles. The average Bonchev–Trinajstić information content (AvgIpc) is 3.19. The second kappa shape index (κ2) is 8.49. The number of hydrogen-bond acceptors (Lipinski definition) is 7. The van der Waals surface area contributed by atoms with Crippen LogP contribution in [-0.2, 0) is 10.6 Å². The first-order chi connectivity index (χ1) is 14.5. The average molecular weight is 444 g/mol. The van der Waals surface area contributed by atoms with Gasteiger partial charge in [-0.25, -0.2) is 14.8 Å². The smallest absolute Gasteiger partial charge is 0.350 e. The maximum Gasteiger partial charge on any atom is 0.350 e. The molecule has 3 aromatic rings. The van der Waals surface area contributed by atoms with Crippen molar-refractivity contribution in [1.29, 1.82) is 0 Å². The van der Waals surface area contributed by atoms with Crippen molar-refractivity contribution in [3.05, 3.63) is 64.3 Å². The summed E-state index contributed by atoms with van der Waals surface area (Å²) < 4.78 is 4.39. The Kier molecular flexibility index (Phi) is 5.78. The van der Waals surface area contributed by atoms with Gasteiger partial charge in [0.1, 0.15) is 0 Å². The Morgan fingerprint density at radius 2 is 2.03 bits per heavy atom. The Bertz CT molecular complexity index is 1140. The van der Waals surface area contributed by atoms with Crippen LogP contribution < -0.4 is 0 Å². The van der Waals surface area contributed by atoms with Gasteiger partial charge in [-0.05, 0) is 55.2 Å². The van der Waals surface area contributed by atoms with E-state index in [9.17, 15) is 14.7 Å². The minimum absolute atomic E-state index is 0.0135. The summed E-state index contributed by atoms with van der Waals surface area (Å²) in [5, 5.41) is 11.0. The third kappa shape index (κ3) is 4.06. The first kappa shape index (κ1) is 20.4. The Morgan fingerprint density at radius 1 is 1.20 bits per heavy atom. The van der Waals surface area contributed by atoms with Gasteiger partial charge in [-0.1, -0.05) is 23.7 Å². The Labute approximate surface area is 183 Å². The largest absolute Gasteiger partial charge is 0.492 e.